The van der Waals surface area contributed by atoms with Gasteiger partial charge in [-0.3, -0.25) is 5.43 Å². The van der Waals surface area contributed by atoms with Crippen LogP contribution in [0.4, 0.5) is 5.82 Å². The Morgan fingerprint density at radius 1 is 1.57 bits per heavy atom. The molecule has 0 amide bonds. The van der Waals surface area contributed by atoms with E-state index in [9.17, 15) is 0 Å². The predicted molar refractivity (Wildman–Crippen MR) is 56.3 cm³/mol. The van der Waals surface area contributed by atoms with Gasteiger partial charge in [0.05, 0.1) is 11.3 Å². The highest BCUT2D eigenvalue weighted by molar-refractivity contribution is 7.80. The maximum atomic E-state index is 5.17. The first kappa shape index (κ1) is 9.38. The molecule has 1 aliphatic heterocycles. The molecular formula is C7H13N6S+. The maximum Gasteiger partial charge on any atom is 0.304 e. The van der Waals surface area contributed by atoms with Gasteiger partial charge in [-0.2, -0.15) is 5.10 Å². The molecule has 0 atom stereocenters. The number of H-pyrrole nitrogens is 2. The minimum atomic E-state index is 0.397. The van der Waals surface area contributed by atoms with Gasteiger partial charge in [0.2, 0.25) is 0 Å². The molecule has 7 heteroatoms. The molecule has 0 unspecified atom stereocenters. The summed E-state index contributed by atoms with van der Waals surface area (Å²) >= 11 is 4.91. The molecular weight excluding hydrogens is 200 g/mol. The number of nitrogens with two attached hydrogens (primary N) is 1. The first-order chi connectivity index (χ1) is 6.81. The molecule has 0 saturated carbocycles. The number of fused-ring (bicyclic) bond motifs is 1. The molecule has 14 heavy (non-hydrogen) atoms. The Hall–Kier alpha value is -1.18. The van der Waals surface area contributed by atoms with Crippen LogP contribution < -0.4 is 27.0 Å². The van der Waals surface area contributed by atoms with Crippen molar-refractivity contribution in [2.75, 3.05) is 11.9 Å². The standard InChI is InChI=1S/C7H12N6S/c8-11-7(14)10-6-4-3-9-2-1-5(4)12-13-6/h9H,1-3,8H2,(H3,10,11,12,13,14)/p+1. The largest absolute Gasteiger partial charge is 0.312 e. The Morgan fingerprint density at radius 2 is 2.43 bits per heavy atom. The Morgan fingerprint density at radius 3 is 3.21 bits per heavy atom. The molecule has 7 N–H and O–H groups in total. The van der Waals surface area contributed by atoms with Crippen molar-refractivity contribution in [2.45, 2.75) is 13.0 Å². The lowest BCUT2D eigenvalue weighted by atomic mass is 10.1. The van der Waals surface area contributed by atoms with Crippen molar-refractivity contribution < 1.29 is 5.10 Å². The van der Waals surface area contributed by atoms with Crippen LogP contribution in [0.3, 0.4) is 0 Å². The molecule has 76 valence electrons. The average Bonchev–Trinajstić information content (AvgIpc) is 2.62. The van der Waals surface area contributed by atoms with Crippen LogP contribution in [0.25, 0.3) is 0 Å². The summed E-state index contributed by atoms with van der Waals surface area (Å²) in [5.41, 5.74) is 4.78. The van der Waals surface area contributed by atoms with Gasteiger partial charge in [0, 0.05) is 19.5 Å². The molecule has 6 nitrogen and oxygen atoms in total. The number of hydrogen-bond donors (Lipinski definition) is 5. The zero-order valence-electron chi connectivity index (χ0n) is 7.61. The molecule has 0 saturated heterocycles. The Labute approximate surface area is 86.6 Å². The summed E-state index contributed by atoms with van der Waals surface area (Å²) < 4.78 is 0. The lowest BCUT2D eigenvalue weighted by molar-refractivity contribution is -0.434. The van der Waals surface area contributed by atoms with E-state index in [-0.39, 0.29) is 0 Å². The van der Waals surface area contributed by atoms with Crippen LogP contribution in [0.2, 0.25) is 0 Å². The summed E-state index contributed by atoms with van der Waals surface area (Å²) in [4.78, 5) is 0. The first-order valence-electron chi connectivity index (χ1n) is 4.41. The van der Waals surface area contributed by atoms with Crippen LogP contribution in [0.15, 0.2) is 0 Å². The fourth-order valence-corrected chi connectivity index (χ4v) is 1.63. The highest BCUT2D eigenvalue weighted by Gasteiger charge is 2.21. The lowest BCUT2D eigenvalue weighted by Crippen LogP contribution is -2.36. The smallest absolute Gasteiger partial charge is 0.304 e. The van der Waals surface area contributed by atoms with E-state index in [1.165, 1.54) is 11.3 Å². The highest BCUT2D eigenvalue weighted by Crippen LogP contribution is 2.16. The zero-order chi connectivity index (χ0) is 9.97. The van der Waals surface area contributed by atoms with Crippen molar-refractivity contribution in [3.63, 3.8) is 0 Å². The second-order valence-corrected chi connectivity index (χ2v) is 3.52. The van der Waals surface area contributed by atoms with Gasteiger partial charge in [0.25, 0.3) is 5.11 Å². The third kappa shape index (κ3) is 1.69. The van der Waals surface area contributed by atoms with Crippen LogP contribution in [0.1, 0.15) is 11.3 Å². The van der Waals surface area contributed by atoms with Crippen molar-refractivity contribution in [1.82, 2.24) is 15.8 Å². The number of hydrazine groups is 1. The van der Waals surface area contributed by atoms with Gasteiger partial charge in [-0.15, -0.1) is 0 Å². The summed E-state index contributed by atoms with van der Waals surface area (Å²) in [5.74, 6) is 6.04. The molecule has 0 bridgehead atoms. The fraction of sp³-hybridized carbons (Fsp3) is 0.429. The van der Waals surface area contributed by atoms with Gasteiger partial charge in [0.15, 0.2) is 0 Å². The number of hydrogen-bond acceptors (Lipinski definition) is 3. The Kier molecular flexibility index (Phi) is 2.62. The second-order valence-electron chi connectivity index (χ2n) is 3.11. The van der Waals surface area contributed by atoms with E-state index in [0.29, 0.717) is 5.11 Å². The normalized spacial score (nSPS) is 14.6. The molecule has 0 spiro atoms. The molecule has 0 fully saturated rings. The van der Waals surface area contributed by atoms with Gasteiger partial charge < -0.3 is 5.32 Å². The van der Waals surface area contributed by atoms with E-state index in [0.717, 1.165) is 25.3 Å². The van der Waals surface area contributed by atoms with Crippen LogP contribution in [-0.4, -0.2) is 16.8 Å². The van der Waals surface area contributed by atoms with E-state index in [1.54, 1.807) is 0 Å². The summed E-state index contributed by atoms with van der Waals surface area (Å²) in [6.45, 7) is 1.84. The quantitative estimate of drug-likeness (QED) is 0.226. The van der Waals surface area contributed by atoms with Crippen LogP contribution >= 0.6 is 12.2 Å². The molecule has 2 heterocycles. The third-order valence-electron chi connectivity index (χ3n) is 2.23. The van der Waals surface area contributed by atoms with Crippen molar-refractivity contribution in [2.24, 2.45) is 5.84 Å². The molecule has 1 aromatic heterocycles. The van der Waals surface area contributed by atoms with Crippen molar-refractivity contribution >= 4 is 23.1 Å². The van der Waals surface area contributed by atoms with Crippen LogP contribution in [0.5, 0.6) is 0 Å². The van der Waals surface area contributed by atoms with Crippen molar-refractivity contribution in [1.29, 1.82) is 0 Å². The van der Waals surface area contributed by atoms with E-state index >= 15 is 0 Å². The summed E-state index contributed by atoms with van der Waals surface area (Å²) in [7, 11) is 0. The predicted octanol–water partition coefficient (Wildman–Crippen LogP) is -1.37. The number of rotatable bonds is 1. The molecule has 1 aliphatic rings. The third-order valence-corrected chi connectivity index (χ3v) is 2.45. The topological polar surface area (TPSA) is 92.0 Å². The van der Waals surface area contributed by atoms with Crippen molar-refractivity contribution in [3.05, 3.63) is 11.3 Å². The van der Waals surface area contributed by atoms with E-state index < -0.39 is 0 Å². The van der Waals surface area contributed by atoms with Crippen molar-refractivity contribution in [3.8, 4) is 0 Å². The van der Waals surface area contributed by atoms with E-state index in [4.69, 9.17) is 18.1 Å². The summed E-state index contributed by atoms with van der Waals surface area (Å²) in [5, 5.41) is 12.8. The second kappa shape index (κ2) is 3.91. The molecule has 2 rings (SSSR count). The number of nitrogens with one attached hydrogen (secondary N) is 5. The Bertz CT molecular complexity index is 346. The SMILES string of the molecule is NNC(=S)Nc1[nH+][nH]c2c1CNCC2. The van der Waals surface area contributed by atoms with E-state index in [1.807, 2.05) is 0 Å². The molecule has 0 aromatic carbocycles. The maximum absolute atomic E-state index is 5.17. The zero-order valence-corrected chi connectivity index (χ0v) is 8.42. The summed E-state index contributed by atoms with van der Waals surface area (Å²) in [6, 6.07) is 0. The monoisotopic (exact) mass is 213 g/mol. The first-order valence-corrected chi connectivity index (χ1v) is 4.82. The highest BCUT2D eigenvalue weighted by atomic mass is 32.1. The number of thiocarbonyl (C=S) groups is 1. The average molecular weight is 213 g/mol. The van der Waals surface area contributed by atoms with Gasteiger partial charge in [0.1, 0.15) is 0 Å². The Balaban J connectivity index is 2.18. The lowest BCUT2D eigenvalue weighted by Gasteiger charge is -2.10. The number of aromatic nitrogens is 2. The van der Waals surface area contributed by atoms with Crippen LogP contribution in [-0.2, 0) is 13.0 Å². The molecule has 1 aromatic rings. The van der Waals surface area contributed by atoms with Gasteiger partial charge in [-0.1, -0.05) is 0 Å². The van der Waals surface area contributed by atoms with Gasteiger partial charge in [-0.25, -0.2) is 16.3 Å². The minimum absolute atomic E-state index is 0.397. The van der Waals surface area contributed by atoms with E-state index in [2.05, 4.69) is 26.3 Å². The summed E-state index contributed by atoms with van der Waals surface area (Å²) in [6.07, 6.45) is 0.996. The number of aromatic amines is 2. The van der Waals surface area contributed by atoms with Gasteiger partial charge in [-0.05, 0) is 12.2 Å². The molecule has 0 aliphatic carbocycles. The molecule has 0 radical (unpaired) electrons. The minimum Gasteiger partial charge on any atom is -0.312 e. The van der Waals surface area contributed by atoms with Crippen LogP contribution in [0, 0.1) is 0 Å². The number of anilines is 1. The fourth-order valence-electron chi connectivity index (χ4n) is 1.53. The van der Waals surface area contributed by atoms with Gasteiger partial charge >= 0.3 is 5.82 Å².